The Morgan fingerprint density at radius 3 is 2.40 bits per heavy atom. The van der Waals surface area contributed by atoms with Crippen LogP contribution in [0.2, 0.25) is 0 Å². The maximum atomic E-state index is 12.5. The van der Waals surface area contributed by atoms with Gasteiger partial charge < -0.3 is 5.11 Å². The molecule has 0 aliphatic heterocycles. The van der Waals surface area contributed by atoms with Gasteiger partial charge in [0.15, 0.2) is 0 Å². The van der Waals surface area contributed by atoms with Crippen LogP contribution in [0.3, 0.4) is 0 Å². The third kappa shape index (κ3) is 3.57. The molecule has 5 heteroatoms. The van der Waals surface area contributed by atoms with Crippen LogP contribution in [0.4, 0.5) is 13.2 Å². The number of hydrogen-bond acceptors (Lipinski definition) is 1. The highest BCUT2D eigenvalue weighted by Crippen LogP contribution is 2.41. The van der Waals surface area contributed by atoms with Crippen LogP contribution in [0.5, 0.6) is 0 Å². The Morgan fingerprint density at radius 2 is 1.87 bits per heavy atom. The van der Waals surface area contributed by atoms with Crippen molar-refractivity contribution in [1.29, 1.82) is 0 Å². The van der Waals surface area contributed by atoms with Crippen LogP contribution in [0.25, 0.3) is 0 Å². The molecule has 1 aliphatic carbocycles. The summed E-state index contributed by atoms with van der Waals surface area (Å²) in [6.07, 6.45) is -0.378. The minimum atomic E-state index is -4.21. The lowest BCUT2D eigenvalue weighted by molar-refractivity contribution is -0.191. The van der Waals surface area contributed by atoms with E-state index in [0.29, 0.717) is 12.8 Å². The molecule has 0 aromatic heterocycles. The highest BCUT2D eigenvalue weighted by Gasteiger charge is 2.44. The Morgan fingerprint density at radius 1 is 1.27 bits per heavy atom. The lowest BCUT2D eigenvalue weighted by atomic mass is 9.78. The zero-order chi connectivity index (χ0) is 11.5. The Labute approximate surface area is 85.8 Å². The molecule has 0 radical (unpaired) electrons. The molecule has 86 valence electrons. The second kappa shape index (κ2) is 4.68. The summed E-state index contributed by atoms with van der Waals surface area (Å²) in [6.45, 7) is 0. The van der Waals surface area contributed by atoms with E-state index in [1.807, 2.05) is 0 Å². The molecule has 0 bridgehead atoms. The predicted molar refractivity (Wildman–Crippen MR) is 48.3 cm³/mol. The van der Waals surface area contributed by atoms with Gasteiger partial charge in [-0.25, -0.2) is 4.79 Å². The van der Waals surface area contributed by atoms with E-state index in [0.717, 1.165) is 12.5 Å². The molecular formula is C10H13F3O2. The van der Waals surface area contributed by atoms with Crippen molar-refractivity contribution in [1.82, 2.24) is 0 Å². The number of allylic oxidation sites excluding steroid dienone is 1. The maximum Gasteiger partial charge on any atom is 0.392 e. The average Bonchev–Trinajstić information content (AvgIpc) is 2.13. The molecular weight excluding hydrogens is 209 g/mol. The van der Waals surface area contributed by atoms with E-state index in [4.69, 9.17) is 5.11 Å². The first-order valence-electron chi connectivity index (χ1n) is 4.89. The monoisotopic (exact) mass is 222 g/mol. The summed E-state index contributed by atoms with van der Waals surface area (Å²) in [5.74, 6) is -3.24. The lowest BCUT2D eigenvalue weighted by Gasteiger charge is -2.30. The largest absolute Gasteiger partial charge is 0.478 e. The van der Waals surface area contributed by atoms with E-state index in [9.17, 15) is 18.0 Å². The first-order chi connectivity index (χ1) is 6.91. The Balaban J connectivity index is 2.70. The molecule has 1 saturated carbocycles. The van der Waals surface area contributed by atoms with Gasteiger partial charge in [-0.1, -0.05) is 18.9 Å². The van der Waals surface area contributed by atoms with Crippen molar-refractivity contribution < 1.29 is 23.1 Å². The molecule has 2 atom stereocenters. The summed E-state index contributed by atoms with van der Waals surface area (Å²) < 4.78 is 37.6. The van der Waals surface area contributed by atoms with Gasteiger partial charge in [0, 0.05) is 6.08 Å². The fourth-order valence-electron chi connectivity index (χ4n) is 2.00. The molecule has 1 fully saturated rings. The fourth-order valence-corrected chi connectivity index (χ4v) is 2.00. The van der Waals surface area contributed by atoms with Gasteiger partial charge in [-0.2, -0.15) is 13.2 Å². The lowest BCUT2D eigenvalue weighted by Crippen LogP contribution is -2.32. The second-order valence-electron chi connectivity index (χ2n) is 3.79. The van der Waals surface area contributed by atoms with Crippen molar-refractivity contribution in [3.8, 4) is 0 Å². The van der Waals surface area contributed by atoms with Gasteiger partial charge in [0.1, 0.15) is 0 Å². The summed E-state index contributed by atoms with van der Waals surface area (Å²) in [4.78, 5) is 10.2. The number of alkyl halides is 3. The van der Waals surface area contributed by atoms with Crippen LogP contribution in [0, 0.1) is 11.8 Å². The van der Waals surface area contributed by atoms with E-state index in [1.54, 1.807) is 0 Å². The SMILES string of the molecule is O=C(O)/C=C/C1CCCCC1C(F)(F)F. The number of carbonyl (C=O) groups is 1. The van der Waals surface area contributed by atoms with Crippen LogP contribution >= 0.6 is 0 Å². The molecule has 1 rings (SSSR count). The molecule has 0 amide bonds. The van der Waals surface area contributed by atoms with Gasteiger partial charge in [0.05, 0.1) is 5.92 Å². The topological polar surface area (TPSA) is 37.3 Å². The number of rotatable bonds is 2. The number of carboxylic acid groups (broad SMARTS) is 1. The summed E-state index contributed by atoms with van der Waals surface area (Å²) in [5, 5.41) is 8.37. The Kier molecular flexibility index (Phi) is 3.77. The highest BCUT2D eigenvalue weighted by atomic mass is 19.4. The summed E-state index contributed by atoms with van der Waals surface area (Å²) in [5.41, 5.74) is 0. The smallest absolute Gasteiger partial charge is 0.392 e. The maximum absolute atomic E-state index is 12.5. The van der Waals surface area contributed by atoms with E-state index in [2.05, 4.69) is 0 Å². The van der Waals surface area contributed by atoms with Gasteiger partial charge in [0.25, 0.3) is 0 Å². The Bertz CT molecular complexity index is 258. The predicted octanol–water partition coefficient (Wildman–Crippen LogP) is 3.00. The molecule has 0 saturated heterocycles. The first kappa shape index (κ1) is 12.1. The van der Waals surface area contributed by atoms with Crippen molar-refractivity contribution in [2.45, 2.75) is 31.9 Å². The summed E-state index contributed by atoms with van der Waals surface area (Å²) >= 11 is 0. The number of hydrogen-bond donors (Lipinski definition) is 1. The van der Waals surface area contributed by atoms with E-state index in [-0.39, 0.29) is 6.42 Å². The molecule has 2 nitrogen and oxygen atoms in total. The Hall–Kier alpha value is -1.00. The number of aliphatic carboxylic acids is 1. The number of carboxylic acids is 1. The minimum Gasteiger partial charge on any atom is -0.478 e. The van der Waals surface area contributed by atoms with Crippen molar-refractivity contribution in [3.63, 3.8) is 0 Å². The quantitative estimate of drug-likeness (QED) is 0.729. The standard InChI is InChI=1S/C10H13F3O2/c11-10(12,13)8-4-2-1-3-7(8)5-6-9(14)15/h5-8H,1-4H2,(H,14,15)/b6-5+. The van der Waals surface area contributed by atoms with Crippen molar-refractivity contribution in [2.75, 3.05) is 0 Å². The molecule has 0 heterocycles. The summed E-state index contributed by atoms with van der Waals surface area (Å²) in [7, 11) is 0. The van der Waals surface area contributed by atoms with Gasteiger partial charge in [-0.15, -0.1) is 0 Å². The van der Waals surface area contributed by atoms with Crippen molar-refractivity contribution in [3.05, 3.63) is 12.2 Å². The van der Waals surface area contributed by atoms with Crippen LogP contribution < -0.4 is 0 Å². The molecule has 2 unspecified atom stereocenters. The van der Waals surface area contributed by atoms with Crippen molar-refractivity contribution in [2.24, 2.45) is 11.8 Å². The average molecular weight is 222 g/mol. The van der Waals surface area contributed by atoms with E-state index >= 15 is 0 Å². The number of halogens is 3. The van der Waals surface area contributed by atoms with Crippen LogP contribution in [-0.2, 0) is 4.79 Å². The van der Waals surface area contributed by atoms with E-state index < -0.39 is 24.0 Å². The summed E-state index contributed by atoms with van der Waals surface area (Å²) in [6, 6.07) is 0. The zero-order valence-corrected chi connectivity index (χ0v) is 8.13. The second-order valence-corrected chi connectivity index (χ2v) is 3.79. The van der Waals surface area contributed by atoms with E-state index in [1.165, 1.54) is 6.08 Å². The van der Waals surface area contributed by atoms with Crippen LogP contribution in [0.15, 0.2) is 12.2 Å². The van der Waals surface area contributed by atoms with Gasteiger partial charge >= 0.3 is 12.1 Å². The molecule has 0 spiro atoms. The third-order valence-corrected chi connectivity index (χ3v) is 2.73. The molecule has 15 heavy (non-hydrogen) atoms. The molecule has 0 aromatic rings. The van der Waals surface area contributed by atoms with Crippen molar-refractivity contribution >= 4 is 5.97 Å². The highest BCUT2D eigenvalue weighted by molar-refractivity contribution is 5.79. The normalized spacial score (nSPS) is 28.2. The first-order valence-corrected chi connectivity index (χ1v) is 4.89. The third-order valence-electron chi connectivity index (χ3n) is 2.73. The minimum absolute atomic E-state index is 0.109. The van der Waals surface area contributed by atoms with Crippen LogP contribution in [-0.4, -0.2) is 17.3 Å². The van der Waals surface area contributed by atoms with Gasteiger partial charge in [0.2, 0.25) is 0 Å². The van der Waals surface area contributed by atoms with Gasteiger partial charge in [-0.3, -0.25) is 0 Å². The molecule has 1 aliphatic rings. The zero-order valence-electron chi connectivity index (χ0n) is 8.13. The van der Waals surface area contributed by atoms with Crippen LogP contribution in [0.1, 0.15) is 25.7 Å². The fraction of sp³-hybridized carbons (Fsp3) is 0.700. The van der Waals surface area contributed by atoms with Gasteiger partial charge in [-0.05, 0) is 18.8 Å². The molecule has 1 N–H and O–H groups in total. The molecule has 0 aromatic carbocycles.